The van der Waals surface area contributed by atoms with Crippen molar-refractivity contribution in [2.75, 3.05) is 5.32 Å². The van der Waals surface area contributed by atoms with Gasteiger partial charge in [0.2, 0.25) is 5.91 Å². The highest BCUT2D eigenvalue weighted by Crippen LogP contribution is 2.33. The molecule has 1 aromatic carbocycles. The number of benzene rings is 1. The lowest BCUT2D eigenvalue weighted by Crippen LogP contribution is -2.39. The molecule has 2 aromatic rings. The molecule has 1 aliphatic heterocycles. The molecule has 0 spiro atoms. The Kier molecular flexibility index (Phi) is 5.76. The van der Waals surface area contributed by atoms with Gasteiger partial charge in [-0.25, -0.2) is 0 Å². The molecule has 2 heterocycles. The van der Waals surface area contributed by atoms with Gasteiger partial charge >= 0.3 is 0 Å². The van der Waals surface area contributed by atoms with Crippen molar-refractivity contribution >= 4 is 24.0 Å². The van der Waals surface area contributed by atoms with Crippen molar-refractivity contribution in [1.82, 2.24) is 15.1 Å². The van der Waals surface area contributed by atoms with Crippen LogP contribution in [0.3, 0.4) is 0 Å². The fraction of sp³-hybridized carbons (Fsp3) is 0.474. The monoisotopic (exact) mass is 360 g/mol. The average Bonchev–Trinajstić information content (AvgIpc) is 3.22. The maximum absolute atomic E-state index is 12.5. The van der Waals surface area contributed by atoms with Crippen molar-refractivity contribution < 1.29 is 4.79 Å². The van der Waals surface area contributed by atoms with Crippen molar-refractivity contribution in [3.8, 4) is 0 Å². The van der Waals surface area contributed by atoms with Crippen LogP contribution in [-0.4, -0.2) is 27.8 Å². The van der Waals surface area contributed by atoms with Crippen LogP contribution >= 0.6 is 12.4 Å². The maximum Gasteiger partial charge on any atom is 0.241 e. The third-order valence-electron chi connectivity index (χ3n) is 5.27. The fourth-order valence-electron chi connectivity index (χ4n) is 4.04. The summed E-state index contributed by atoms with van der Waals surface area (Å²) in [7, 11) is 0. The van der Waals surface area contributed by atoms with Gasteiger partial charge in [0.25, 0.3) is 0 Å². The van der Waals surface area contributed by atoms with Crippen LogP contribution in [0.1, 0.15) is 37.7 Å². The third kappa shape index (κ3) is 4.22. The second-order valence-corrected chi connectivity index (χ2v) is 7.01. The molecule has 2 aliphatic rings. The van der Waals surface area contributed by atoms with Crippen molar-refractivity contribution in [2.24, 2.45) is 5.92 Å². The minimum absolute atomic E-state index is 0. The fourth-order valence-corrected chi connectivity index (χ4v) is 4.04. The molecule has 134 valence electrons. The van der Waals surface area contributed by atoms with E-state index in [2.05, 4.69) is 27.9 Å². The smallest absolute Gasteiger partial charge is 0.241 e. The first-order chi connectivity index (χ1) is 11.8. The highest BCUT2D eigenvalue weighted by atomic mass is 35.5. The largest absolute Gasteiger partial charge is 0.322 e. The molecule has 1 aromatic heterocycles. The lowest BCUT2D eigenvalue weighted by Gasteiger charge is -2.24. The summed E-state index contributed by atoms with van der Waals surface area (Å²) in [5.74, 6) is 0.749. The first-order valence-corrected chi connectivity index (χ1v) is 8.91. The molecule has 4 rings (SSSR count). The SMILES string of the molecule is Cl.O=C(Nc1cnn(Cc2ccccc2)c1)C1CC2CCCCC2N1. The first kappa shape index (κ1) is 18.0. The van der Waals surface area contributed by atoms with E-state index in [0.29, 0.717) is 18.5 Å². The molecule has 3 atom stereocenters. The summed E-state index contributed by atoms with van der Waals surface area (Å²) in [5.41, 5.74) is 1.97. The number of rotatable bonds is 4. The summed E-state index contributed by atoms with van der Waals surface area (Å²) in [6.07, 6.45) is 9.66. The van der Waals surface area contributed by atoms with Gasteiger partial charge in [-0.1, -0.05) is 43.2 Å². The lowest BCUT2D eigenvalue weighted by atomic mass is 9.85. The summed E-state index contributed by atoms with van der Waals surface area (Å²) >= 11 is 0. The van der Waals surface area contributed by atoms with E-state index in [9.17, 15) is 4.79 Å². The van der Waals surface area contributed by atoms with Gasteiger partial charge in [0, 0.05) is 12.2 Å². The van der Waals surface area contributed by atoms with Gasteiger partial charge in [-0.3, -0.25) is 9.48 Å². The normalized spacial score (nSPS) is 25.0. The van der Waals surface area contributed by atoms with Gasteiger partial charge in [0.15, 0.2) is 0 Å². The molecule has 2 N–H and O–H groups in total. The maximum atomic E-state index is 12.5. The van der Waals surface area contributed by atoms with Crippen LogP contribution in [0.25, 0.3) is 0 Å². The summed E-state index contributed by atoms with van der Waals surface area (Å²) in [4.78, 5) is 12.5. The minimum atomic E-state index is -0.0597. The third-order valence-corrected chi connectivity index (χ3v) is 5.27. The van der Waals surface area contributed by atoms with E-state index >= 15 is 0 Å². The van der Waals surface area contributed by atoms with Crippen LogP contribution in [0.15, 0.2) is 42.7 Å². The Labute approximate surface area is 154 Å². The van der Waals surface area contributed by atoms with Crippen molar-refractivity contribution in [3.63, 3.8) is 0 Å². The van der Waals surface area contributed by atoms with Crippen molar-refractivity contribution in [1.29, 1.82) is 0 Å². The summed E-state index contributed by atoms with van der Waals surface area (Å²) in [5, 5.41) is 10.9. The van der Waals surface area contributed by atoms with E-state index in [-0.39, 0.29) is 24.4 Å². The molecule has 1 amide bonds. The molecule has 0 radical (unpaired) electrons. The number of nitrogens with one attached hydrogen (secondary N) is 2. The molecule has 3 unspecified atom stereocenters. The Morgan fingerprint density at radius 3 is 2.84 bits per heavy atom. The highest BCUT2D eigenvalue weighted by Gasteiger charge is 2.38. The second kappa shape index (κ2) is 8.02. The molecule has 1 saturated heterocycles. The molecule has 1 aliphatic carbocycles. The molecule has 0 bridgehead atoms. The van der Waals surface area contributed by atoms with Crippen LogP contribution in [0.2, 0.25) is 0 Å². The number of carbonyl (C=O) groups is 1. The quantitative estimate of drug-likeness (QED) is 0.880. The molecule has 1 saturated carbocycles. The van der Waals surface area contributed by atoms with Gasteiger partial charge < -0.3 is 10.6 Å². The van der Waals surface area contributed by atoms with Crippen LogP contribution < -0.4 is 10.6 Å². The summed E-state index contributed by atoms with van der Waals surface area (Å²) < 4.78 is 1.85. The van der Waals surface area contributed by atoms with Crippen LogP contribution in [-0.2, 0) is 11.3 Å². The summed E-state index contributed by atoms with van der Waals surface area (Å²) in [6, 6.07) is 10.7. The summed E-state index contributed by atoms with van der Waals surface area (Å²) in [6.45, 7) is 0.711. The predicted molar refractivity (Wildman–Crippen MR) is 101 cm³/mol. The van der Waals surface area contributed by atoms with Crippen molar-refractivity contribution in [3.05, 3.63) is 48.3 Å². The number of hydrogen-bond acceptors (Lipinski definition) is 3. The number of aromatic nitrogens is 2. The zero-order valence-electron chi connectivity index (χ0n) is 14.2. The van der Waals surface area contributed by atoms with Gasteiger partial charge in [-0.05, 0) is 30.7 Å². The number of hydrogen-bond donors (Lipinski definition) is 2. The highest BCUT2D eigenvalue weighted by molar-refractivity contribution is 5.94. The number of amides is 1. The molecule has 2 fully saturated rings. The molecule has 6 heteroatoms. The predicted octanol–water partition coefficient (Wildman–Crippen LogP) is 3.21. The Morgan fingerprint density at radius 1 is 1.24 bits per heavy atom. The first-order valence-electron chi connectivity index (χ1n) is 8.91. The Bertz CT molecular complexity index is 688. The Morgan fingerprint density at radius 2 is 2.04 bits per heavy atom. The van der Waals surface area contributed by atoms with E-state index in [1.807, 2.05) is 29.1 Å². The van der Waals surface area contributed by atoms with Gasteiger partial charge in [0.1, 0.15) is 0 Å². The average molecular weight is 361 g/mol. The molecule has 5 nitrogen and oxygen atoms in total. The lowest BCUT2D eigenvalue weighted by molar-refractivity contribution is -0.117. The van der Waals surface area contributed by atoms with E-state index in [1.54, 1.807) is 6.20 Å². The van der Waals surface area contributed by atoms with Crippen LogP contribution in [0, 0.1) is 5.92 Å². The van der Waals surface area contributed by atoms with Crippen LogP contribution in [0.5, 0.6) is 0 Å². The molecular formula is C19H25ClN4O. The van der Waals surface area contributed by atoms with Gasteiger partial charge in [0.05, 0.1) is 24.5 Å². The van der Waals surface area contributed by atoms with E-state index in [4.69, 9.17) is 0 Å². The van der Waals surface area contributed by atoms with Crippen LogP contribution in [0.4, 0.5) is 5.69 Å². The number of nitrogens with zero attached hydrogens (tertiary/aromatic N) is 2. The Hall–Kier alpha value is -1.85. The Balaban J connectivity index is 0.00000182. The van der Waals surface area contributed by atoms with E-state index < -0.39 is 0 Å². The molecular weight excluding hydrogens is 336 g/mol. The minimum Gasteiger partial charge on any atom is -0.322 e. The topological polar surface area (TPSA) is 59.0 Å². The zero-order chi connectivity index (χ0) is 16.4. The second-order valence-electron chi connectivity index (χ2n) is 7.01. The number of halogens is 1. The zero-order valence-corrected chi connectivity index (χ0v) is 15.0. The van der Waals surface area contributed by atoms with Crippen molar-refractivity contribution in [2.45, 2.75) is 50.7 Å². The van der Waals surface area contributed by atoms with E-state index in [1.165, 1.54) is 31.2 Å². The molecule has 25 heavy (non-hydrogen) atoms. The van der Waals surface area contributed by atoms with Gasteiger partial charge in [-0.15, -0.1) is 12.4 Å². The number of anilines is 1. The number of fused-ring (bicyclic) bond motifs is 1. The van der Waals surface area contributed by atoms with Gasteiger partial charge in [-0.2, -0.15) is 5.10 Å². The standard InChI is InChI=1S/C19H24N4O.ClH/c24-19(18-10-15-8-4-5-9-17(15)22-18)21-16-11-20-23(13-16)12-14-6-2-1-3-7-14;/h1-3,6-7,11,13,15,17-18,22H,4-5,8-10,12H2,(H,21,24);1H. The van der Waals surface area contributed by atoms with E-state index in [0.717, 1.165) is 12.1 Å². The number of carbonyl (C=O) groups excluding carboxylic acids is 1.